The molecule has 3 heteroatoms. The van der Waals surface area contributed by atoms with Gasteiger partial charge in [-0.1, -0.05) is 18.2 Å². The maximum atomic E-state index is 13.9. The van der Waals surface area contributed by atoms with Gasteiger partial charge in [-0.25, -0.2) is 4.39 Å². The molecule has 2 nitrogen and oxygen atoms in total. The van der Waals surface area contributed by atoms with Crippen molar-refractivity contribution in [3.8, 4) is 0 Å². The van der Waals surface area contributed by atoms with Crippen LogP contribution < -0.4 is 5.73 Å². The first-order chi connectivity index (χ1) is 7.78. The summed E-state index contributed by atoms with van der Waals surface area (Å²) in [6.45, 7) is 2.00. The number of hydrogen-bond acceptors (Lipinski definition) is 2. The third-order valence-corrected chi connectivity index (χ3v) is 3.52. The molecule has 1 aromatic rings. The van der Waals surface area contributed by atoms with E-state index >= 15 is 0 Å². The third kappa shape index (κ3) is 2.11. The second kappa shape index (κ2) is 4.93. The van der Waals surface area contributed by atoms with Crippen LogP contribution in [0.4, 0.5) is 4.39 Å². The molecule has 1 aliphatic rings. The van der Waals surface area contributed by atoms with Gasteiger partial charge >= 0.3 is 0 Å². The molecule has 0 amide bonds. The molecule has 0 unspecified atom stereocenters. The molecular weight excluding hydrogens is 205 g/mol. The van der Waals surface area contributed by atoms with Gasteiger partial charge in [0.05, 0.1) is 0 Å². The number of halogens is 1. The fourth-order valence-electron chi connectivity index (χ4n) is 2.58. The topological polar surface area (TPSA) is 35.2 Å². The van der Waals surface area contributed by atoms with E-state index in [4.69, 9.17) is 10.5 Å². The fraction of sp³-hybridized carbons (Fsp3) is 0.538. The average molecular weight is 223 g/mol. The van der Waals surface area contributed by atoms with Gasteiger partial charge < -0.3 is 10.5 Å². The second-order valence-corrected chi connectivity index (χ2v) is 4.41. The minimum absolute atomic E-state index is 0.113. The molecule has 2 rings (SSSR count). The number of nitrogens with two attached hydrogens (primary N) is 1. The monoisotopic (exact) mass is 223 g/mol. The highest BCUT2D eigenvalue weighted by atomic mass is 19.1. The molecule has 0 aliphatic carbocycles. The summed E-state index contributed by atoms with van der Waals surface area (Å²) in [7, 11) is 0. The Labute approximate surface area is 95.6 Å². The largest absolute Gasteiger partial charge is 0.381 e. The number of benzene rings is 1. The van der Waals surface area contributed by atoms with Crippen LogP contribution in [0.25, 0.3) is 0 Å². The van der Waals surface area contributed by atoms with E-state index in [-0.39, 0.29) is 11.2 Å². The zero-order valence-corrected chi connectivity index (χ0v) is 9.42. The molecule has 88 valence electrons. The van der Waals surface area contributed by atoms with Gasteiger partial charge in [0.15, 0.2) is 0 Å². The van der Waals surface area contributed by atoms with Crippen molar-refractivity contribution in [3.05, 3.63) is 35.6 Å². The van der Waals surface area contributed by atoms with Crippen molar-refractivity contribution >= 4 is 0 Å². The van der Waals surface area contributed by atoms with Gasteiger partial charge in [0.2, 0.25) is 0 Å². The van der Waals surface area contributed by atoms with Crippen LogP contribution in [0.2, 0.25) is 0 Å². The molecule has 2 N–H and O–H groups in total. The molecule has 0 bridgehead atoms. The number of rotatable bonds is 3. The lowest BCUT2D eigenvalue weighted by atomic mass is 9.71. The molecular formula is C13H18FNO. The molecule has 1 aliphatic heterocycles. The van der Waals surface area contributed by atoms with Crippen molar-refractivity contribution < 1.29 is 9.13 Å². The van der Waals surface area contributed by atoms with Crippen LogP contribution in [0.1, 0.15) is 24.8 Å². The molecule has 0 aromatic heterocycles. The molecule has 1 fully saturated rings. The van der Waals surface area contributed by atoms with Crippen molar-refractivity contribution in [2.75, 3.05) is 19.8 Å². The maximum absolute atomic E-state index is 13.9. The minimum Gasteiger partial charge on any atom is -0.381 e. The van der Waals surface area contributed by atoms with Crippen LogP contribution in [-0.4, -0.2) is 19.8 Å². The van der Waals surface area contributed by atoms with Crippen LogP contribution in [0.3, 0.4) is 0 Å². The van der Waals surface area contributed by atoms with E-state index in [0.29, 0.717) is 19.8 Å². The zero-order valence-electron chi connectivity index (χ0n) is 9.42. The second-order valence-electron chi connectivity index (χ2n) is 4.41. The van der Waals surface area contributed by atoms with Crippen molar-refractivity contribution in [1.29, 1.82) is 0 Å². The van der Waals surface area contributed by atoms with Gasteiger partial charge in [0.1, 0.15) is 5.82 Å². The van der Waals surface area contributed by atoms with Gasteiger partial charge in [-0.2, -0.15) is 0 Å². The van der Waals surface area contributed by atoms with Crippen LogP contribution in [0, 0.1) is 5.82 Å². The van der Waals surface area contributed by atoms with Crippen LogP contribution in [0.5, 0.6) is 0 Å². The quantitative estimate of drug-likeness (QED) is 0.852. The van der Waals surface area contributed by atoms with Crippen LogP contribution in [0.15, 0.2) is 24.3 Å². The van der Waals surface area contributed by atoms with Crippen molar-refractivity contribution in [1.82, 2.24) is 0 Å². The Morgan fingerprint density at radius 2 is 1.94 bits per heavy atom. The van der Waals surface area contributed by atoms with Gasteiger partial charge in [-0.05, 0) is 37.4 Å². The summed E-state index contributed by atoms with van der Waals surface area (Å²) in [4.78, 5) is 0. The van der Waals surface area contributed by atoms with Gasteiger partial charge in [0.25, 0.3) is 0 Å². The molecule has 0 radical (unpaired) electrons. The molecule has 0 spiro atoms. The Bertz CT molecular complexity index is 342. The normalized spacial score (nSPS) is 19.6. The van der Waals surface area contributed by atoms with Crippen LogP contribution >= 0.6 is 0 Å². The molecule has 0 atom stereocenters. The lowest BCUT2D eigenvalue weighted by Crippen LogP contribution is -2.36. The first-order valence-electron chi connectivity index (χ1n) is 5.81. The Kier molecular flexibility index (Phi) is 3.56. The molecule has 0 saturated carbocycles. The molecule has 1 heterocycles. The fourth-order valence-corrected chi connectivity index (χ4v) is 2.58. The predicted octanol–water partition coefficient (Wildman–Crippen LogP) is 2.22. The van der Waals surface area contributed by atoms with E-state index in [1.165, 1.54) is 6.07 Å². The third-order valence-electron chi connectivity index (χ3n) is 3.52. The van der Waals surface area contributed by atoms with Gasteiger partial charge in [-0.3, -0.25) is 0 Å². The zero-order chi connectivity index (χ0) is 11.4. The minimum atomic E-state index is -0.113. The van der Waals surface area contributed by atoms with E-state index in [2.05, 4.69) is 0 Å². The van der Waals surface area contributed by atoms with E-state index in [1.54, 1.807) is 6.07 Å². The summed E-state index contributed by atoms with van der Waals surface area (Å²) in [5.74, 6) is -0.113. The highest BCUT2D eigenvalue weighted by molar-refractivity contribution is 5.27. The summed E-state index contributed by atoms with van der Waals surface area (Å²) in [6, 6.07) is 7.04. The SMILES string of the molecule is NCCC1(c2ccccc2F)CCOCC1. The van der Waals surface area contributed by atoms with E-state index in [0.717, 1.165) is 24.8 Å². The summed E-state index contributed by atoms with van der Waals surface area (Å²) < 4.78 is 19.2. The highest BCUT2D eigenvalue weighted by Gasteiger charge is 2.35. The van der Waals surface area contributed by atoms with Crippen molar-refractivity contribution in [2.45, 2.75) is 24.7 Å². The number of ether oxygens (including phenoxy) is 1. The summed E-state index contributed by atoms with van der Waals surface area (Å²) in [5.41, 5.74) is 6.36. The number of hydrogen-bond donors (Lipinski definition) is 1. The van der Waals surface area contributed by atoms with E-state index in [9.17, 15) is 4.39 Å². The Morgan fingerprint density at radius 3 is 2.56 bits per heavy atom. The first-order valence-corrected chi connectivity index (χ1v) is 5.81. The first kappa shape index (κ1) is 11.6. The highest BCUT2D eigenvalue weighted by Crippen LogP contribution is 2.38. The molecule has 16 heavy (non-hydrogen) atoms. The van der Waals surface area contributed by atoms with Crippen molar-refractivity contribution in [2.24, 2.45) is 5.73 Å². The predicted molar refractivity (Wildman–Crippen MR) is 61.8 cm³/mol. The van der Waals surface area contributed by atoms with Crippen molar-refractivity contribution in [3.63, 3.8) is 0 Å². The maximum Gasteiger partial charge on any atom is 0.126 e. The molecule has 1 saturated heterocycles. The Morgan fingerprint density at radius 1 is 1.25 bits per heavy atom. The standard InChI is InChI=1S/C13H18FNO/c14-12-4-2-1-3-11(12)13(5-8-15)6-9-16-10-7-13/h1-4H,5-10,15H2. The summed E-state index contributed by atoms with van der Waals surface area (Å²) in [5, 5.41) is 0. The van der Waals surface area contributed by atoms with Gasteiger partial charge in [0, 0.05) is 18.6 Å². The lowest BCUT2D eigenvalue weighted by molar-refractivity contribution is 0.0464. The average Bonchev–Trinajstić information content (AvgIpc) is 2.31. The van der Waals surface area contributed by atoms with Crippen LogP contribution in [-0.2, 0) is 10.2 Å². The Hall–Kier alpha value is -0.930. The van der Waals surface area contributed by atoms with E-state index in [1.807, 2.05) is 12.1 Å². The summed E-state index contributed by atoms with van der Waals surface area (Å²) >= 11 is 0. The lowest BCUT2D eigenvalue weighted by Gasteiger charge is -2.37. The Balaban J connectivity index is 2.34. The smallest absolute Gasteiger partial charge is 0.126 e. The van der Waals surface area contributed by atoms with E-state index < -0.39 is 0 Å². The van der Waals surface area contributed by atoms with Gasteiger partial charge in [-0.15, -0.1) is 0 Å². The molecule has 1 aromatic carbocycles. The summed E-state index contributed by atoms with van der Waals surface area (Å²) in [6.07, 6.45) is 2.56.